The van der Waals surface area contributed by atoms with Crippen molar-refractivity contribution in [3.63, 3.8) is 0 Å². The molecule has 1 unspecified atom stereocenters. The molecule has 2 aromatic rings. The summed E-state index contributed by atoms with van der Waals surface area (Å²) < 4.78 is 37.8. The molecule has 6 nitrogen and oxygen atoms in total. The summed E-state index contributed by atoms with van der Waals surface area (Å²) in [6.45, 7) is 4.48. The van der Waals surface area contributed by atoms with Gasteiger partial charge in [-0.2, -0.15) is 8.42 Å². The second-order valence-corrected chi connectivity index (χ2v) is 7.70. The minimum Gasteiger partial charge on any atom is -0.490 e. The van der Waals surface area contributed by atoms with E-state index in [1.54, 1.807) is 29.1 Å². The molecule has 2 rings (SSSR count). The highest BCUT2D eigenvalue weighted by atomic mass is 32.2. The molecule has 136 valence electrons. The van der Waals surface area contributed by atoms with Crippen LogP contribution in [0.4, 0.5) is 0 Å². The minimum absolute atomic E-state index is 0.184. The van der Waals surface area contributed by atoms with Gasteiger partial charge in [0.05, 0.1) is 5.75 Å². The van der Waals surface area contributed by atoms with Crippen LogP contribution in [-0.2, 0) is 23.1 Å². The zero-order chi connectivity index (χ0) is 18.4. The fourth-order valence-corrected chi connectivity index (χ4v) is 3.02. The van der Waals surface area contributed by atoms with Crippen molar-refractivity contribution in [3.8, 4) is 5.75 Å². The van der Waals surface area contributed by atoms with Crippen molar-refractivity contribution in [3.05, 3.63) is 59.4 Å². The molecule has 25 heavy (non-hydrogen) atoms. The zero-order valence-electron chi connectivity index (χ0n) is 14.4. The minimum atomic E-state index is -3.96. The maximum Gasteiger partial charge on any atom is 0.265 e. The number of benzene rings is 1. The van der Waals surface area contributed by atoms with Gasteiger partial charge in [-0.1, -0.05) is 18.2 Å². The molecular weight excluding hydrogens is 342 g/mol. The molecule has 1 atom stereocenters. The van der Waals surface area contributed by atoms with Crippen LogP contribution in [0, 0.1) is 13.8 Å². The van der Waals surface area contributed by atoms with Crippen LogP contribution < -0.4 is 9.30 Å². The summed E-state index contributed by atoms with van der Waals surface area (Å²) in [5, 5.41) is 10.2. The van der Waals surface area contributed by atoms with Crippen LogP contribution in [0.3, 0.4) is 0 Å². The Hall–Kier alpha value is -1.96. The van der Waals surface area contributed by atoms with E-state index in [4.69, 9.17) is 9.29 Å². The van der Waals surface area contributed by atoms with Crippen LogP contribution in [0.1, 0.15) is 16.7 Å². The molecule has 1 aromatic heterocycles. The SMILES string of the molecule is Cc1cccc(C)c1OCC(O)C[n+]1ccc(CCS(=O)(=O)O)cc1. The van der Waals surface area contributed by atoms with Crippen molar-refractivity contribution < 1.29 is 27.4 Å². The van der Waals surface area contributed by atoms with Gasteiger partial charge in [0.25, 0.3) is 10.1 Å². The fourth-order valence-electron chi connectivity index (χ4n) is 2.53. The molecule has 0 bridgehead atoms. The average molecular weight is 366 g/mol. The van der Waals surface area contributed by atoms with Crippen molar-refractivity contribution >= 4 is 10.1 Å². The molecule has 0 saturated heterocycles. The molecule has 0 radical (unpaired) electrons. The van der Waals surface area contributed by atoms with E-state index in [2.05, 4.69) is 0 Å². The molecule has 0 aliphatic heterocycles. The van der Waals surface area contributed by atoms with Crippen molar-refractivity contribution in [2.24, 2.45) is 0 Å². The maximum absolute atomic E-state index is 10.8. The van der Waals surface area contributed by atoms with E-state index >= 15 is 0 Å². The number of aromatic nitrogens is 1. The van der Waals surface area contributed by atoms with Crippen LogP contribution in [0.5, 0.6) is 5.75 Å². The Balaban J connectivity index is 1.87. The van der Waals surface area contributed by atoms with Crippen molar-refractivity contribution in [1.29, 1.82) is 0 Å². The van der Waals surface area contributed by atoms with E-state index in [0.29, 0.717) is 6.54 Å². The Bertz CT molecular complexity index is 782. The largest absolute Gasteiger partial charge is 0.490 e. The number of hydrogen-bond donors (Lipinski definition) is 2. The van der Waals surface area contributed by atoms with Crippen LogP contribution in [-0.4, -0.2) is 36.5 Å². The van der Waals surface area contributed by atoms with Gasteiger partial charge < -0.3 is 9.84 Å². The number of ether oxygens (including phenoxy) is 1. The first kappa shape index (κ1) is 19.4. The van der Waals surface area contributed by atoms with Gasteiger partial charge in [-0.05, 0) is 37.0 Å². The lowest BCUT2D eigenvalue weighted by molar-refractivity contribution is -0.703. The number of aliphatic hydroxyl groups excluding tert-OH is 1. The third kappa shape index (κ3) is 6.45. The Morgan fingerprint density at radius 1 is 1.12 bits per heavy atom. The lowest BCUT2D eigenvalue weighted by atomic mass is 10.1. The summed E-state index contributed by atoms with van der Waals surface area (Å²) >= 11 is 0. The van der Waals surface area contributed by atoms with Gasteiger partial charge >= 0.3 is 0 Å². The van der Waals surface area contributed by atoms with Crippen LogP contribution in [0.2, 0.25) is 0 Å². The number of aliphatic hydroxyl groups is 1. The van der Waals surface area contributed by atoms with E-state index in [0.717, 1.165) is 22.4 Å². The third-order valence-electron chi connectivity index (χ3n) is 3.86. The first-order valence-electron chi connectivity index (χ1n) is 8.05. The Morgan fingerprint density at radius 3 is 2.28 bits per heavy atom. The zero-order valence-corrected chi connectivity index (χ0v) is 15.2. The Labute approximate surface area is 148 Å². The van der Waals surface area contributed by atoms with Gasteiger partial charge in [0.2, 0.25) is 0 Å². The monoisotopic (exact) mass is 366 g/mol. The van der Waals surface area contributed by atoms with Gasteiger partial charge in [-0.25, -0.2) is 4.57 Å². The summed E-state index contributed by atoms with van der Waals surface area (Å²) in [5.74, 6) is 0.496. The molecular formula is C18H24NO5S+. The molecule has 0 amide bonds. The number of aryl methyl sites for hydroxylation is 3. The highest BCUT2D eigenvalue weighted by molar-refractivity contribution is 7.85. The average Bonchev–Trinajstić information content (AvgIpc) is 2.53. The Morgan fingerprint density at radius 2 is 1.72 bits per heavy atom. The lowest BCUT2D eigenvalue weighted by Gasteiger charge is -2.14. The molecule has 0 fully saturated rings. The van der Waals surface area contributed by atoms with Crippen molar-refractivity contribution in [2.45, 2.75) is 32.9 Å². The maximum atomic E-state index is 10.8. The predicted molar refractivity (Wildman–Crippen MR) is 94.2 cm³/mol. The Kier molecular flexibility index (Phi) is 6.52. The normalized spacial score (nSPS) is 12.8. The predicted octanol–water partition coefficient (Wildman–Crippen LogP) is 1.46. The molecule has 0 spiro atoms. The second-order valence-electron chi connectivity index (χ2n) is 6.12. The van der Waals surface area contributed by atoms with E-state index in [1.807, 2.05) is 32.0 Å². The summed E-state index contributed by atoms with van der Waals surface area (Å²) in [4.78, 5) is 0. The first-order valence-corrected chi connectivity index (χ1v) is 9.66. The smallest absolute Gasteiger partial charge is 0.265 e. The highest BCUT2D eigenvalue weighted by Crippen LogP contribution is 2.22. The summed E-state index contributed by atoms with van der Waals surface area (Å²) in [5.41, 5.74) is 2.86. The number of hydrogen-bond acceptors (Lipinski definition) is 4. The van der Waals surface area contributed by atoms with Crippen molar-refractivity contribution in [2.75, 3.05) is 12.4 Å². The van der Waals surface area contributed by atoms with E-state index in [-0.39, 0.29) is 18.8 Å². The van der Waals surface area contributed by atoms with Crippen LogP contribution in [0.25, 0.3) is 0 Å². The molecule has 1 heterocycles. The molecule has 2 N–H and O–H groups in total. The van der Waals surface area contributed by atoms with Crippen molar-refractivity contribution in [1.82, 2.24) is 0 Å². The molecule has 0 aliphatic carbocycles. The lowest BCUT2D eigenvalue weighted by Crippen LogP contribution is -2.41. The fraction of sp³-hybridized carbons (Fsp3) is 0.389. The quantitative estimate of drug-likeness (QED) is 0.546. The number of rotatable bonds is 8. The van der Waals surface area contributed by atoms with Gasteiger partial charge in [-0.3, -0.25) is 4.55 Å². The highest BCUT2D eigenvalue weighted by Gasteiger charge is 2.14. The third-order valence-corrected chi connectivity index (χ3v) is 4.58. The summed E-state index contributed by atoms with van der Waals surface area (Å²) in [6, 6.07) is 9.44. The van der Waals surface area contributed by atoms with Gasteiger partial charge in [0, 0.05) is 12.1 Å². The van der Waals surface area contributed by atoms with E-state index in [9.17, 15) is 13.5 Å². The molecule has 7 heteroatoms. The van der Waals surface area contributed by atoms with Gasteiger partial charge in [0.1, 0.15) is 18.5 Å². The second kappa shape index (κ2) is 8.42. The topological polar surface area (TPSA) is 87.7 Å². The van der Waals surface area contributed by atoms with E-state index in [1.165, 1.54) is 0 Å². The summed E-state index contributed by atoms with van der Waals surface area (Å²) in [6.07, 6.45) is 3.11. The molecule has 0 aliphatic rings. The van der Waals surface area contributed by atoms with E-state index < -0.39 is 16.2 Å². The number of pyridine rings is 1. The summed E-state index contributed by atoms with van der Waals surface area (Å²) in [7, 11) is -3.96. The molecule has 0 saturated carbocycles. The molecule has 1 aromatic carbocycles. The van der Waals surface area contributed by atoms with Gasteiger partial charge in [-0.15, -0.1) is 0 Å². The first-order chi connectivity index (χ1) is 11.7. The van der Waals surface area contributed by atoms with Crippen LogP contribution >= 0.6 is 0 Å². The standard InChI is InChI=1S/C18H23NO5S/c1-14-4-3-5-15(2)18(14)24-13-17(20)12-19-9-6-16(7-10-19)8-11-25(21,22)23/h3-7,9-10,17,20H,8,11-13H2,1-2H3/p+1. The number of nitrogens with zero attached hydrogens (tertiary/aromatic N) is 1. The number of para-hydroxylation sites is 1. The van der Waals surface area contributed by atoms with Crippen LogP contribution in [0.15, 0.2) is 42.7 Å². The van der Waals surface area contributed by atoms with Gasteiger partial charge in [0.15, 0.2) is 18.9 Å².